The summed E-state index contributed by atoms with van der Waals surface area (Å²) in [4.78, 5) is 25.6. The molecule has 9 heteroatoms. The number of carbonyl (C=O) groups is 1. The number of para-hydroxylation sites is 1. The molecule has 1 aromatic heterocycles. The smallest absolute Gasteiger partial charge is 0.261 e. The summed E-state index contributed by atoms with van der Waals surface area (Å²) >= 11 is 6.18. The number of pyridine rings is 1. The van der Waals surface area contributed by atoms with Crippen LogP contribution in [0.3, 0.4) is 0 Å². The monoisotopic (exact) mass is 447 g/mol. The number of nitrogens with one attached hydrogen (secondary N) is 1. The maximum absolute atomic E-state index is 12.8. The molecule has 0 aliphatic carbocycles. The van der Waals surface area contributed by atoms with Crippen LogP contribution in [0.5, 0.6) is 0 Å². The highest BCUT2D eigenvalue weighted by Crippen LogP contribution is 2.22. The lowest BCUT2D eigenvalue weighted by molar-refractivity contribution is 0.102. The summed E-state index contributed by atoms with van der Waals surface area (Å²) in [6, 6.07) is 10.8. The first-order valence-corrected chi connectivity index (χ1v) is 11.2. The molecule has 1 N–H and O–H groups in total. The predicted octanol–water partition coefficient (Wildman–Crippen LogP) is 3.47. The predicted molar refractivity (Wildman–Crippen MR) is 119 cm³/mol. The lowest BCUT2D eigenvalue weighted by Crippen LogP contribution is -2.30. The quantitative estimate of drug-likeness (QED) is 0.626. The van der Waals surface area contributed by atoms with Crippen LogP contribution in [0.4, 0.5) is 5.69 Å². The lowest BCUT2D eigenvalue weighted by atomic mass is 10.1. The number of aryl methyl sites for hydroxylation is 1. The van der Waals surface area contributed by atoms with Crippen LogP contribution in [0.25, 0.3) is 10.9 Å². The molecule has 0 saturated carbocycles. The number of halogens is 1. The Labute approximate surface area is 179 Å². The Kier molecular flexibility index (Phi) is 6.30. The Hall–Kier alpha value is -2.68. The van der Waals surface area contributed by atoms with Gasteiger partial charge in [-0.3, -0.25) is 9.59 Å². The largest absolute Gasteiger partial charge is 0.348 e. The van der Waals surface area contributed by atoms with E-state index in [0.29, 0.717) is 34.7 Å². The van der Waals surface area contributed by atoms with Gasteiger partial charge in [0.2, 0.25) is 15.5 Å². The molecule has 0 bridgehead atoms. The second-order valence-electron chi connectivity index (χ2n) is 6.69. The fourth-order valence-electron chi connectivity index (χ4n) is 3.30. The van der Waals surface area contributed by atoms with E-state index in [1.54, 1.807) is 43.7 Å². The Balaban J connectivity index is 1.90. The molecule has 2 aromatic carbocycles. The van der Waals surface area contributed by atoms with E-state index in [4.69, 9.17) is 11.6 Å². The lowest BCUT2D eigenvalue weighted by Gasteiger charge is -2.18. The summed E-state index contributed by atoms with van der Waals surface area (Å²) in [6.07, 6.45) is 1.44. The number of anilines is 1. The SMILES string of the molecule is CCN(CC)S(=O)(=O)c1ccc(NC(=O)c2cn(C)c3c(Cl)cccc3c2=O)cc1. The van der Waals surface area contributed by atoms with Crippen molar-refractivity contribution in [1.82, 2.24) is 8.87 Å². The molecule has 0 fully saturated rings. The summed E-state index contributed by atoms with van der Waals surface area (Å²) in [5, 5.41) is 3.41. The van der Waals surface area contributed by atoms with Crippen LogP contribution in [0.2, 0.25) is 5.02 Å². The van der Waals surface area contributed by atoms with Gasteiger partial charge in [-0.15, -0.1) is 0 Å². The van der Waals surface area contributed by atoms with E-state index in [-0.39, 0.29) is 10.5 Å². The molecule has 0 unspecified atom stereocenters. The van der Waals surface area contributed by atoms with Crippen LogP contribution in [-0.2, 0) is 17.1 Å². The van der Waals surface area contributed by atoms with Crippen molar-refractivity contribution in [2.75, 3.05) is 18.4 Å². The molecule has 158 valence electrons. The van der Waals surface area contributed by atoms with Gasteiger partial charge in [-0.05, 0) is 36.4 Å². The zero-order chi connectivity index (χ0) is 22.1. The van der Waals surface area contributed by atoms with Gasteiger partial charge in [0, 0.05) is 37.4 Å². The molecule has 7 nitrogen and oxygen atoms in total. The first-order valence-electron chi connectivity index (χ1n) is 9.40. The standard InChI is InChI=1S/C21H22ClN3O4S/c1-4-25(5-2)30(28,29)15-11-9-14(10-12-15)23-21(27)17-13-24(3)19-16(20(17)26)7-6-8-18(19)22/h6-13H,4-5H2,1-3H3,(H,23,27). The number of fused-ring (bicyclic) bond motifs is 1. The maximum Gasteiger partial charge on any atom is 0.261 e. The number of sulfonamides is 1. The highest BCUT2D eigenvalue weighted by atomic mass is 35.5. The van der Waals surface area contributed by atoms with Crippen LogP contribution in [-0.4, -0.2) is 36.3 Å². The molecule has 0 spiro atoms. The fourth-order valence-corrected chi connectivity index (χ4v) is 5.07. The topological polar surface area (TPSA) is 88.5 Å². The number of rotatable bonds is 6. The molecule has 3 rings (SSSR count). The first kappa shape index (κ1) is 22.0. The van der Waals surface area contributed by atoms with Gasteiger partial charge in [-0.2, -0.15) is 4.31 Å². The molecule has 0 saturated heterocycles. The summed E-state index contributed by atoms with van der Waals surface area (Å²) in [7, 11) is -1.88. The third-order valence-corrected chi connectivity index (χ3v) is 7.22. The summed E-state index contributed by atoms with van der Waals surface area (Å²) in [5.74, 6) is -0.586. The van der Waals surface area contributed by atoms with E-state index in [1.807, 2.05) is 0 Å². The zero-order valence-electron chi connectivity index (χ0n) is 16.8. The van der Waals surface area contributed by atoms with Crippen LogP contribution >= 0.6 is 11.6 Å². The van der Waals surface area contributed by atoms with Gasteiger partial charge in [0.15, 0.2) is 0 Å². The highest BCUT2D eigenvalue weighted by molar-refractivity contribution is 7.89. The van der Waals surface area contributed by atoms with E-state index in [0.717, 1.165) is 0 Å². The van der Waals surface area contributed by atoms with Gasteiger partial charge in [0.05, 0.1) is 15.4 Å². The third kappa shape index (κ3) is 3.98. The average Bonchev–Trinajstić information content (AvgIpc) is 2.71. The molecule has 30 heavy (non-hydrogen) atoms. The average molecular weight is 448 g/mol. The molecule has 1 amide bonds. The summed E-state index contributed by atoms with van der Waals surface area (Å²) in [5.41, 5.74) is 0.467. The molecule has 0 aliphatic rings. The minimum atomic E-state index is -3.58. The summed E-state index contributed by atoms with van der Waals surface area (Å²) < 4.78 is 28.1. The van der Waals surface area contributed by atoms with Crippen molar-refractivity contribution in [2.24, 2.45) is 7.05 Å². The number of carbonyl (C=O) groups excluding carboxylic acids is 1. The molecular formula is C21H22ClN3O4S. The van der Waals surface area contributed by atoms with Crippen LogP contribution in [0.1, 0.15) is 24.2 Å². The van der Waals surface area contributed by atoms with Crippen molar-refractivity contribution < 1.29 is 13.2 Å². The van der Waals surface area contributed by atoms with E-state index >= 15 is 0 Å². The Morgan fingerprint density at radius 3 is 2.33 bits per heavy atom. The minimum absolute atomic E-state index is 0.0351. The molecule has 3 aromatic rings. The third-order valence-electron chi connectivity index (χ3n) is 4.85. The normalized spacial score (nSPS) is 11.8. The fraction of sp³-hybridized carbons (Fsp3) is 0.238. The van der Waals surface area contributed by atoms with Crippen molar-refractivity contribution in [3.05, 3.63) is 69.5 Å². The Morgan fingerprint density at radius 1 is 1.10 bits per heavy atom. The van der Waals surface area contributed by atoms with E-state index in [9.17, 15) is 18.0 Å². The van der Waals surface area contributed by atoms with E-state index in [1.165, 1.54) is 34.8 Å². The van der Waals surface area contributed by atoms with Gasteiger partial charge in [-0.1, -0.05) is 31.5 Å². The number of nitrogens with zero attached hydrogens (tertiary/aromatic N) is 2. The molecular weight excluding hydrogens is 426 g/mol. The van der Waals surface area contributed by atoms with Crippen LogP contribution in [0, 0.1) is 0 Å². The second kappa shape index (κ2) is 8.59. The van der Waals surface area contributed by atoms with Gasteiger partial charge < -0.3 is 9.88 Å². The molecule has 0 atom stereocenters. The van der Waals surface area contributed by atoms with E-state index in [2.05, 4.69) is 5.32 Å². The number of hydrogen-bond donors (Lipinski definition) is 1. The van der Waals surface area contributed by atoms with Gasteiger partial charge in [-0.25, -0.2) is 8.42 Å². The highest BCUT2D eigenvalue weighted by Gasteiger charge is 2.21. The van der Waals surface area contributed by atoms with Gasteiger partial charge in [0.25, 0.3) is 5.91 Å². The minimum Gasteiger partial charge on any atom is -0.348 e. The van der Waals surface area contributed by atoms with E-state index < -0.39 is 21.4 Å². The maximum atomic E-state index is 12.8. The Bertz CT molecular complexity index is 1260. The van der Waals surface area contributed by atoms with Crippen molar-refractivity contribution in [3.8, 4) is 0 Å². The van der Waals surface area contributed by atoms with Gasteiger partial charge in [0.1, 0.15) is 5.56 Å². The first-order chi connectivity index (χ1) is 14.2. The molecule has 0 radical (unpaired) electrons. The van der Waals surface area contributed by atoms with Crippen molar-refractivity contribution >= 4 is 44.1 Å². The number of amides is 1. The molecule has 1 heterocycles. The Morgan fingerprint density at radius 2 is 1.73 bits per heavy atom. The van der Waals surface area contributed by atoms with Crippen LogP contribution < -0.4 is 10.7 Å². The van der Waals surface area contributed by atoms with Crippen LogP contribution in [0.15, 0.2) is 58.4 Å². The van der Waals surface area contributed by atoms with Crippen molar-refractivity contribution in [3.63, 3.8) is 0 Å². The molecule has 0 aliphatic heterocycles. The second-order valence-corrected chi connectivity index (χ2v) is 9.03. The van der Waals surface area contributed by atoms with Gasteiger partial charge >= 0.3 is 0 Å². The summed E-state index contributed by atoms with van der Waals surface area (Å²) in [6.45, 7) is 4.28. The zero-order valence-corrected chi connectivity index (χ0v) is 18.4. The number of hydrogen-bond acceptors (Lipinski definition) is 4. The number of aromatic nitrogens is 1. The van der Waals surface area contributed by atoms with Crippen molar-refractivity contribution in [2.45, 2.75) is 18.7 Å². The number of benzene rings is 2. The van der Waals surface area contributed by atoms with Crippen molar-refractivity contribution in [1.29, 1.82) is 0 Å².